The molecule has 3 aliphatic rings. The number of hydrogen-bond acceptors (Lipinski definition) is 7. The van der Waals surface area contributed by atoms with Gasteiger partial charge in [0.05, 0.1) is 38.0 Å². The molecule has 2 N–H and O–H groups in total. The smallest absolute Gasteiger partial charge is 0.246 e. The number of ether oxygens (including phenoxy) is 3. The van der Waals surface area contributed by atoms with E-state index in [1.807, 2.05) is 13.8 Å². The Kier molecular flexibility index (Phi) is 6.02. The summed E-state index contributed by atoms with van der Waals surface area (Å²) in [6.45, 7) is 8.37. The molecule has 1 aromatic carbocycles. The van der Waals surface area contributed by atoms with Gasteiger partial charge in [-0.2, -0.15) is 0 Å². The van der Waals surface area contributed by atoms with Crippen molar-refractivity contribution in [2.75, 3.05) is 52.6 Å². The molecule has 2 saturated heterocycles. The number of amides is 1. The van der Waals surface area contributed by atoms with Crippen LogP contribution in [-0.2, 0) is 14.3 Å². The van der Waals surface area contributed by atoms with Crippen molar-refractivity contribution >= 4 is 12.0 Å². The van der Waals surface area contributed by atoms with Crippen LogP contribution in [0.5, 0.6) is 11.5 Å². The summed E-state index contributed by atoms with van der Waals surface area (Å²) in [6.07, 6.45) is 2.26. The summed E-state index contributed by atoms with van der Waals surface area (Å²) in [5, 5.41) is 22.2. The van der Waals surface area contributed by atoms with Crippen molar-refractivity contribution in [1.82, 2.24) is 9.80 Å². The molecule has 30 heavy (non-hydrogen) atoms. The predicted molar refractivity (Wildman–Crippen MR) is 110 cm³/mol. The zero-order chi connectivity index (χ0) is 21.3. The maximum Gasteiger partial charge on any atom is 0.246 e. The van der Waals surface area contributed by atoms with E-state index in [-0.39, 0.29) is 11.7 Å². The summed E-state index contributed by atoms with van der Waals surface area (Å²) in [6, 6.07) is 3.12. The molecule has 0 spiro atoms. The Bertz CT molecular complexity index is 812. The number of morpholine rings is 2. The Morgan fingerprint density at radius 1 is 1.10 bits per heavy atom. The standard InChI is InChI=1S/C22H30N2O6/c1-22(2)21(27)19(24-9-13-29-14-10-24)18-16(30-22)5-3-15(20(18)26)4-6-17(25)23-7-11-28-12-8-23/h3-6,19,21,26-27H,7-14H2,1-2H3/b6-4-/t19-,21-/m0/s1. The van der Waals surface area contributed by atoms with Crippen LogP contribution >= 0.6 is 0 Å². The number of carbonyl (C=O) groups is 1. The van der Waals surface area contributed by atoms with Crippen molar-refractivity contribution < 1.29 is 29.2 Å². The van der Waals surface area contributed by atoms with Gasteiger partial charge in [0, 0.05) is 37.8 Å². The number of fused-ring (bicyclic) bond motifs is 1. The summed E-state index contributed by atoms with van der Waals surface area (Å²) < 4.78 is 16.8. The highest BCUT2D eigenvalue weighted by Gasteiger charge is 2.47. The van der Waals surface area contributed by atoms with Crippen LogP contribution in [0.2, 0.25) is 0 Å². The minimum absolute atomic E-state index is 0.0320. The summed E-state index contributed by atoms with van der Waals surface area (Å²) >= 11 is 0. The van der Waals surface area contributed by atoms with Crippen LogP contribution in [0, 0.1) is 0 Å². The van der Waals surface area contributed by atoms with Crippen molar-refractivity contribution in [3.05, 3.63) is 29.3 Å². The van der Waals surface area contributed by atoms with Crippen LogP contribution < -0.4 is 4.74 Å². The molecular weight excluding hydrogens is 388 g/mol. The molecule has 3 aliphatic heterocycles. The van der Waals surface area contributed by atoms with Gasteiger partial charge in [-0.05, 0) is 32.1 Å². The third-order valence-electron chi connectivity index (χ3n) is 6.06. The lowest BCUT2D eigenvalue weighted by Crippen LogP contribution is -2.55. The normalized spacial score (nSPS) is 27.0. The summed E-state index contributed by atoms with van der Waals surface area (Å²) in [5.74, 6) is 0.470. The summed E-state index contributed by atoms with van der Waals surface area (Å²) in [5.41, 5.74) is 0.278. The molecule has 0 bridgehead atoms. The molecule has 1 aromatic rings. The van der Waals surface area contributed by atoms with Crippen LogP contribution in [0.25, 0.3) is 6.08 Å². The number of nitrogens with zero attached hydrogens (tertiary/aromatic N) is 2. The second-order valence-electron chi connectivity index (χ2n) is 8.43. The van der Waals surface area contributed by atoms with Gasteiger partial charge in [0.1, 0.15) is 23.2 Å². The predicted octanol–water partition coefficient (Wildman–Crippen LogP) is 1.17. The topological polar surface area (TPSA) is 91.7 Å². The second-order valence-corrected chi connectivity index (χ2v) is 8.43. The molecule has 4 rings (SSSR count). The Hall–Kier alpha value is -2.13. The Balaban J connectivity index is 1.65. The van der Waals surface area contributed by atoms with Crippen molar-refractivity contribution in [2.24, 2.45) is 0 Å². The zero-order valence-electron chi connectivity index (χ0n) is 17.5. The lowest BCUT2D eigenvalue weighted by atomic mass is 9.84. The number of hydrogen-bond donors (Lipinski definition) is 2. The summed E-state index contributed by atoms with van der Waals surface area (Å²) in [7, 11) is 0. The Morgan fingerprint density at radius 2 is 1.73 bits per heavy atom. The van der Waals surface area contributed by atoms with E-state index in [9.17, 15) is 15.0 Å². The van der Waals surface area contributed by atoms with Gasteiger partial charge in [-0.15, -0.1) is 0 Å². The van der Waals surface area contributed by atoms with Crippen molar-refractivity contribution in [1.29, 1.82) is 0 Å². The van der Waals surface area contributed by atoms with Gasteiger partial charge in [-0.25, -0.2) is 0 Å². The first kappa shape index (κ1) is 21.1. The van der Waals surface area contributed by atoms with Gasteiger partial charge in [0.25, 0.3) is 0 Å². The molecule has 0 aromatic heterocycles. The monoisotopic (exact) mass is 418 g/mol. The van der Waals surface area contributed by atoms with Crippen molar-refractivity contribution in [2.45, 2.75) is 31.6 Å². The van der Waals surface area contributed by atoms with Crippen molar-refractivity contribution in [3.63, 3.8) is 0 Å². The molecule has 164 valence electrons. The van der Waals surface area contributed by atoms with Gasteiger partial charge in [0.15, 0.2) is 0 Å². The fourth-order valence-corrected chi connectivity index (χ4v) is 4.29. The minimum atomic E-state index is -0.830. The summed E-state index contributed by atoms with van der Waals surface area (Å²) in [4.78, 5) is 16.3. The van der Waals surface area contributed by atoms with Crippen LogP contribution in [0.15, 0.2) is 18.2 Å². The molecule has 1 amide bonds. The lowest BCUT2D eigenvalue weighted by Gasteiger charge is -2.47. The number of carbonyl (C=O) groups excluding carboxylic acids is 1. The average molecular weight is 418 g/mol. The van der Waals surface area contributed by atoms with Gasteiger partial charge in [-0.3, -0.25) is 9.69 Å². The van der Waals surface area contributed by atoms with E-state index in [4.69, 9.17) is 14.2 Å². The number of benzene rings is 1. The fourth-order valence-electron chi connectivity index (χ4n) is 4.29. The maximum atomic E-state index is 12.4. The highest BCUT2D eigenvalue weighted by atomic mass is 16.5. The van der Waals surface area contributed by atoms with E-state index in [0.29, 0.717) is 69.5 Å². The van der Waals surface area contributed by atoms with Crippen LogP contribution in [0.4, 0.5) is 0 Å². The van der Waals surface area contributed by atoms with Gasteiger partial charge in [0.2, 0.25) is 5.91 Å². The molecule has 0 aliphatic carbocycles. The Labute approximate surface area is 176 Å². The molecule has 0 unspecified atom stereocenters. The number of phenols is 1. The molecule has 0 saturated carbocycles. The number of aromatic hydroxyl groups is 1. The van der Waals surface area contributed by atoms with Crippen molar-refractivity contribution in [3.8, 4) is 11.5 Å². The Morgan fingerprint density at radius 3 is 2.40 bits per heavy atom. The molecule has 8 nitrogen and oxygen atoms in total. The van der Waals surface area contributed by atoms with E-state index in [0.717, 1.165) is 0 Å². The fraction of sp³-hybridized carbons (Fsp3) is 0.591. The molecule has 2 fully saturated rings. The van der Waals surface area contributed by atoms with Gasteiger partial charge in [-0.1, -0.05) is 0 Å². The van der Waals surface area contributed by atoms with E-state index in [2.05, 4.69) is 4.90 Å². The zero-order valence-corrected chi connectivity index (χ0v) is 17.5. The first-order valence-electron chi connectivity index (χ1n) is 10.5. The molecule has 2 atom stereocenters. The number of aliphatic hydroxyl groups excluding tert-OH is 1. The second kappa shape index (κ2) is 8.55. The number of aliphatic hydroxyl groups is 1. The largest absolute Gasteiger partial charge is 0.507 e. The first-order chi connectivity index (χ1) is 14.4. The van der Waals surface area contributed by atoms with E-state index in [1.54, 1.807) is 23.1 Å². The molecular formula is C22H30N2O6. The van der Waals surface area contributed by atoms with Gasteiger partial charge >= 0.3 is 0 Å². The number of rotatable bonds is 3. The third-order valence-corrected chi connectivity index (χ3v) is 6.06. The third kappa shape index (κ3) is 4.05. The SMILES string of the molecule is CC1(C)Oc2ccc(/C=C\C(=O)N3CCOCC3)c(O)c2[C@H](N2CCOCC2)[C@@H]1O. The highest BCUT2D eigenvalue weighted by Crippen LogP contribution is 2.48. The van der Waals surface area contributed by atoms with E-state index in [1.165, 1.54) is 6.08 Å². The van der Waals surface area contributed by atoms with E-state index >= 15 is 0 Å². The minimum Gasteiger partial charge on any atom is -0.507 e. The molecule has 0 radical (unpaired) electrons. The van der Waals surface area contributed by atoms with Gasteiger partial charge < -0.3 is 29.3 Å². The first-order valence-corrected chi connectivity index (χ1v) is 10.5. The van der Waals surface area contributed by atoms with Crippen LogP contribution in [0.1, 0.15) is 31.0 Å². The average Bonchev–Trinajstić information content (AvgIpc) is 2.75. The lowest BCUT2D eigenvalue weighted by molar-refractivity contribution is -0.129. The van der Waals surface area contributed by atoms with Crippen LogP contribution in [0.3, 0.4) is 0 Å². The number of phenolic OH excluding ortho intramolecular Hbond substituents is 1. The van der Waals surface area contributed by atoms with Crippen LogP contribution in [-0.4, -0.2) is 90.2 Å². The maximum absolute atomic E-state index is 12.4. The quantitative estimate of drug-likeness (QED) is 0.712. The van der Waals surface area contributed by atoms with E-state index < -0.39 is 17.7 Å². The highest BCUT2D eigenvalue weighted by molar-refractivity contribution is 5.92. The molecule has 8 heteroatoms. The molecule has 3 heterocycles.